The van der Waals surface area contributed by atoms with Gasteiger partial charge in [0.1, 0.15) is 5.76 Å². The molecule has 0 fully saturated rings. The van der Waals surface area contributed by atoms with E-state index in [1.807, 2.05) is 20.8 Å². The summed E-state index contributed by atoms with van der Waals surface area (Å²) in [6.07, 6.45) is 4.83. The van der Waals surface area contributed by atoms with E-state index in [4.69, 9.17) is 4.52 Å². The Kier molecular flexibility index (Phi) is 10.4. The van der Waals surface area contributed by atoms with Gasteiger partial charge in [-0.2, -0.15) is 0 Å². The first-order valence-corrected chi connectivity index (χ1v) is 8.86. The number of aliphatic imine (C=N–C) groups is 1. The van der Waals surface area contributed by atoms with Crippen molar-refractivity contribution in [2.24, 2.45) is 4.99 Å². The molecule has 0 saturated carbocycles. The zero-order valence-corrected chi connectivity index (χ0v) is 18.2. The molecule has 0 saturated heterocycles. The van der Waals surface area contributed by atoms with Crippen molar-refractivity contribution in [3.05, 3.63) is 41.5 Å². The fraction of sp³-hybridized carbons (Fsp3) is 0.444. The third-order valence-corrected chi connectivity index (χ3v) is 3.71. The van der Waals surface area contributed by atoms with Crippen molar-refractivity contribution in [1.82, 2.24) is 20.8 Å². The second-order valence-corrected chi connectivity index (χ2v) is 5.58. The summed E-state index contributed by atoms with van der Waals surface area (Å²) in [5, 5.41) is 13.0. The number of rotatable bonds is 8. The van der Waals surface area contributed by atoms with Crippen molar-refractivity contribution in [3.63, 3.8) is 0 Å². The maximum Gasteiger partial charge on any atom is 0.243 e. The quantitative estimate of drug-likeness (QED) is 0.301. The maximum atomic E-state index is 12.0. The summed E-state index contributed by atoms with van der Waals surface area (Å²) in [4.78, 5) is 20.6. The number of hydrogen-bond acceptors (Lipinski definition) is 5. The van der Waals surface area contributed by atoms with Gasteiger partial charge in [0.15, 0.2) is 5.96 Å². The molecule has 3 N–H and O–H groups in total. The smallest absolute Gasteiger partial charge is 0.243 e. The van der Waals surface area contributed by atoms with Crippen LogP contribution in [0, 0.1) is 0 Å². The monoisotopic (exact) mass is 486 g/mol. The zero-order chi connectivity index (χ0) is 18.8. The number of carbonyl (C=O) groups is 1. The fourth-order valence-electron chi connectivity index (χ4n) is 2.42. The van der Waals surface area contributed by atoms with E-state index in [1.165, 1.54) is 0 Å². The molecule has 9 heteroatoms. The number of carbonyl (C=O) groups excluding carboxylic acids is 1. The van der Waals surface area contributed by atoms with Gasteiger partial charge in [-0.3, -0.25) is 9.78 Å². The summed E-state index contributed by atoms with van der Waals surface area (Å²) in [7, 11) is 0. The molecule has 148 valence electrons. The van der Waals surface area contributed by atoms with E-state index in [1.54, 1.807) is 24.5 Å². The second-order valence-electron chi connectivity index (χ2n) is 5.58. The summed E-state index contributed by atoms with van der Waals surface area (Å²) in [5.74, 6) is 1.26. The normalized spacial score (nSPS) is 10.9. The Hall–Kier alpha value is -2.17. The third-order valence-electron chi connectivity index (χ3n) is 3.71. The molecule has 0 aliphatic heterocycles. The van der Waals surface area contributed by atoms with E-state index in [9.17, 15) is 4.79 Å². The van der Waals surface area contributed by atoms with E-state index in [0.717, 1.165) is 29.9 Å². The molecule has 2 aromatic rings. The lowest BCUT2D eigenvalue weighted by molar-refractivity contribution is -0.115. The summed E-state index contributed by atoms with van der Waals surface area (Å²) in [5.41, 5.74) is 2.61. The van der Waals surface area contributed by atoms with Gasteiger partial charge in [0, 0.05) is 24.7 Å². The highest BCUT2D eigenvalue weighted by molar-refractivity contribution is 14.0. The first-order chi connectivity index (χ1) is 12.7. The number of anilines is 1. The van der Waals surface area contributed by atoms with E-state index >= 15 is 0 Å². The number of hydrogen-bond donors (Lipinski definition) is 3. The highest BCUT2D eigenvalue weighted by Crippen LogP contribution is 2.16. The van der Waals surface area contributed by atoms with Crippen LogP contribution in [0.3, 0.4) is 0 Å². The number of aromatic nitrogens is 2. The van der Waals surface area contributed by atoms with Gasteiger partial charge in [0.25, 0.3) is 0 Å². The van der Waals surface area contributed by atoms with Crippen LogP contribution in [0.1, 0.15) is 37.8 Å². The van der Waals surface area contributed by atoms with Gasteiger partial charge in [-0.25, -0.2) is 4.99 Å². The second kappa shape index (κ2) is 12.3. The molecule has 2 heterocycles. The number of nitrogens with zero attached hydrogens (tertiary/aromatic N) is 3. The van der Waals surface area contributed by atoms with Crippen LogP contribution >= 0.6 is 24.0 Å². The molecule has 0 bridgehead atoms. The first kappa shape index (κ1) is 22.9. The average Bonchev–Trinajstić information content (AvgIpc) is 3.06. The first-order valence-electron chi connectivity index (χ1n) is 8.86. The lowest BCUT2D eigenvalue weighted by Crippen LogP contribution is -2.41. The Labute approximate surface area is 176 Å². The summed E-state index contributed by atoms with van der Waals surface area (Å²) in [6.45, 7) is 7.29. The largest absolute Gasteiger partial charge is 0.361 e. The SMILES string of the molecule is CCNC(=NCc1c(CC)noc1CC)NCC(=O)Nc1cccnc1.I. The highest BCUT2D eigenvalue weighted by atomic mass is 127. The Morgan fingerprint density at radius 2 is 2.04 bits per heavy atom. The Balaban J connectivity index is 0.00000364. The Morgan fingerprint density at radius 3 is 2.67 bits per heavy atom. The lowest BCUT2D eigenvalue weighted by atomic mass is 10.1. The van der Waals surface area contributed by atoms with Gasteiger partial charge in [-0.1, -0.05) is 19.0 Å². The molecule has 27 heavy (non-hydrogen) atoms. The number of halogens is 1. The zero-order valence-electron chi connectivity index (χ0n) is 15.9. The van der Waals surface area contributed by atoms with Crippen LogP contribution < -0.4 is 16.0 Å². The van der Waals surface area contributed by atoms with Crippen molar-refractivity contribution in [3.8, 4) is 0 Å². The number of pyridine rings is 1. The highest BCUT2D eigenvalue weighted by Gasteiger charge is 2.13. The summed E-state index contributed by atoms with van der Waals surface area (Å²) < 4.78 is 5.36. The van der Waals surface area contributed by atoms with Crippen LogP contribution in [0.25, 0.3) is 0 Å². The summed E-state index contributed by atoms with van der Waals surface area (Å²) in [6, 6.07) is 3.55. The minimum Gasteiger partial charge on any atom is -0.361 e. The molecule has 0 radical (unpaired) electrons. The molecule has 0 aliphatic carbocycles. The predicted molar refractivity (Wildman–Crippen MR) is 116 cm³/mol. The molecule has 1 amide bonds. The van der Waals surface area contributed by atoms with Crippen LogP contribution in [0.2, 0.25) is 0 Å². The molecule has 0 spiro atoms. The van der Waals surface area contributed by atoms with Crippen molar-refractivity contribution >= 4 is 41.5 Å². The van der Waals surface area contributed by atoms with Crippen LogP contribution in [-0.2, 0) is 24.2 Å². The van der Waals surface area contributed by atoms with E-state index in [0.29, 0.717) is 24.7 Å². The van der Waals surface area contributed by atoms with Crippen molar-refractivity contribution in [2.45, 2.75) is 40.2 Å². The molecular weight excluding hydrogens is 459 g/mol. The standard InChI is InChI=1S/C18H26N6O2.HI/c1-4-15-14(16(5-2)26-24-15)11-21-18(20-6-3)22-12-17(25)23-13-8-7-9-19-10-13;/h7-10H,4-6,11-12H2,1-3H3,(H,23,25)(H2,20,21,22);1H. The van der Waals surface area contributed by atoms with Gasteiger partial charge in [0.2, 0.25) is 5.91 Å². The van der Waals surface area contributed by atoms with Gasteiger partial charge < -0.3 is 20.5 Å². The Bertz CT molecular complexity index is 711. The third kappa shape index (κ3) is 7.16. The fourth-order valence-corrected chi connectivity index (χ4v) is 2.42. The number of amides is 1. The molecule has 2 rings (SSSR count). The van der Waals surface area contributed by atoms with Crippen LogP contribution in [-0.4, -0.2) is 35.1 Å². The molecule has 0 aromatic carbocycles. The van der Waals surface area contributed by atoms with Crippen LogP contribution in [0.5, 0.6) is 0 Å². The molecule has 0 unspecified atom stereocenters. The van der Waals surface area contributed by atoms with E-state index < -0.39 is 0 Å². The van der Waals surface area contributed by atoms with Crippen LogP contribution in [0.15, 0.2) is 34.0 Å². The van der Waals surface area contributed by atoms with E-state index in [2.05, 4.69) is 31.1 Å². The molecule has 0 aliphatic rings. The van der Waals surface area contributed by atoms with Crippen LogP contribution in [0.4, 0.5) is 5.69 Å². The molecule has 2 aromatic heterocycles. The molecular formula is C18H27IN6O2. The van der Waals surface area contributed by atoms with Gasteiger partial charge >= 0.3 is 0 Å². The minimum absolute atomic E-state index is 0. The van der Waals surface area contributed by atoms with Crippen molar-refractivity contribution in [1.29, 1.82) is 0 Å². The van der Waals surface area contributed by atoms with Crippen molar-refractivity contribution < 1.29 is 9.32 Å². The maximum absolute atomic E-state index is 12.0. The van der Waals surface area contributed by atoms with Gasteiger partial charge in [-0.15, -0.1) is 24.0 Å². The number of aryl methyl sites for hydroxylation is 2. The summed E-state index contributed by atoms with van der Waals surface area (Å²) >= 11 is 0. The lowest BCUT2D eigenvalue weighted by Gasteiger charge is -2.11. The Morgan fingerprint density at radius 1 is 1.22 bits per heavy atom. The number of guanidine groups is 1. The predicted octanol–water partition coefficient (Wildman–Crippen LogP) is 2.51. The number of nitrogens with one attached hydrogen (secondary N) is 3. The van der Waals surface area contributed by atoms with E-state index in [-0.39, 0.29) is 36.4 Å². The molecule has 8 nitrogen and oxygen atoms in total. The van der Waals surface area contributed by atoms with Gasteiger partial charge in [0.05, 0.1) is 30.7 Å². The topological polar surface area (TPSA) is 104 Å². The average molecular weight is 486 g/mol. The van der Waals surface area contributed by atoms with Crippen molar-refractivity contribution in [2.75, 3.05) is 18.4 Å². The molecule has 0 atom stereocenters. The van der Waals surface area contributed by atoms with Gasteiger partial charge in [-0.05, 0) is 25.5 Å². The minimum atomic E-state index is -0.169.